The fraction of sp³-hybridized carbons (Fsp3) is 0.417. The van der Waals surface area contributed by atoms with Gasteiger partial charge in [0.1, 0.15) is 0 Å². The number of ether oxygens (including phenoxy) is 1. The Morgan fingerprint density at radius 2 is 2.31 bits per heavy atom. The Morgan fingerprint density at radius 3 is 3.06 bits per heavy atom. The van der Waals surface area contributed by atoms with Crippen LogP contribution in [0.15, 0.2) is 18.2 Å². The van der Waals surface area contributed by atoms with Crippen molar-refractivity contribution in [3.63, 3.8) is 0 Å². The summed E-state index contributed by atoms with van der Waals surface area (Å²) in [6, 6.07) is 5.93. The minimum atomic E-state index is 0.0363. The summed E-state index contributed by atoms with van der Waals surface area (Å²) >= 11 is 0. The summed E-state index contributed by atoms with van der Waals surface area (Å²) < 4.78 is 5.06. The van der Waals surface area contributed by atoms with Gasteiger partial charge >= 0.3 is 0 Å². The smallest absolute Gasteiger partial charge is 0.243 e. The van der Waals surface area contributed by atoms with Gasteiger partial charge in [0, 0.05) is 13.7 Å². The molecule has 0 spiro atoms. The molecule has 86 valence electrons. The first-order valence-electron chi connectivity index (χ1n) is 5.35. The van der Waals surface area contributed by atoms with E-state index in [4.69, 9.17) is 4.74 Å². The van der Waals surface area contributed by atoms with E-state index in [0.717, 1.165) is 17.9 Å². The first-order chi connectivity index (χ1) is 7.72. The quantitative estimate of drug-likeness (QED) is 0.837. The molecule has 1 aromatic rings. The lowest BCUT2D eigenvalue weighted by Crippen LogP contribution is -2.40. The molecule has 0 unspecified atom stereocenters. The highest BCUT2D eigenvalue weighted by Gasteiger charge is 2.22. The van der Waals surface area contributed by atoms with Gasteiger partial charge in [0.15, 0.2) is 0 Å². The van der Waals surface area contributed by atoms with Crippen molar-refractivity contribution in [3.05, 3.63) is 23.8 Å². The van der Waals surface area contributed by atoms with Crippen LogP contribution < -0.4 is 10.2 Å². The number of amides is 1. The third-order valence-corrected chi connectivity index (χ3v) is 2.73. The lowest BCUT2D eigenvalue weighted by atomic mass is 10.1. The molecule has 1 heterocycles. The highest BCUT2D eigenvalue weighted by atomic mass is 16.5. The van der Waals surface area contributed by atoms with Crippen molar-refractivity contribution in [1.82, 2.24) is 0 Å². The molecule has 4 heteroatoms. The molecule has 1 aliphatic heterocycles. The lowest BCUT2D eigenvalue weighted by molar-refractivity contribution is -0.115. The van der Waals surface area contributed by atoms with Crippen LogP contribution in [0, 0.1) is 6.92 Å². The second kappa shape index (κ2) is 4.53. The molecular formula is C12H16N2O2. The van der Waals surface area contributed by atoms with Gasteiger partial charge in [-0.05, 0) is 18.6 Å². The number of methoxy groups -OCH3 is 1. The van der Waals surface area contributed by atoms with Gasteiger partial charge in [0.2, 0.25) is 5.91 Å². The molecule has 0 saturated heterocycles. The number of carbonyl (C=O) groups excluding carboxylic acids is 1. The van der Waals surface area contributed by atoms with E-state index in [1.54, 1.807) is 7.11 Å². The monoisotopic (exact) mass is 220 g/mol. The zero-order valence-corrected chi connectivity index (χ0v) is 9.62. The van der Waals surface area contributed by atoms with Crippen LogP contribution in [0.3, 0.4) is 0 Å². The Balaban J connectivity index is 2.32. The normalized spacial score (nSPS) is 14.6. The molecule has 1 N–H and O–H groups in total. The van der Waals surface area contributed by atoms with Crippen molar-refractivity contribution in [2.45, 2.75) is 6.92 Å². The van der Waals surface area contributed by atoms with Crippen molar-refractivity contribution in [2.75, 3.05) is 37.0 Å². The van der Waals surface area contributed by atoms with Gasteiger partial charge in [-0.2, -0.15) is 0 Å². The molecule has 2 rings (SSSR count). The minimum Gasteiger partial charge on any atom is -0.383 e. The molecule has 1 aromatic carbocycles. The molecule has 0 radical (unpaired) electrons. The maximum absolute atomic E-state index is 11.5. The molecule has 0 aliphatic carbocycles. The topological polar surface area (TPSA) is 41.6 Å². The maximum Gasteiger partial charge on any atom is 0.243 e. The number of rotatable bonds is 3. The van der Waals surface area contributed by atoms with Crippen LogP contribution in [0.2, 0.25) is 0 Å². The van der Waals surface area contributed by atoms with Gasteiger partial charge in [-0.15, -0.1) is 0 Å². The van der Waals surface area contributed by atoms with Crippen LogP contribution in [0.5, 0.6) is 0 Å². The number of fused-ring (bicyclic) bond motifs is 1. The molecule has 4 nitrogen and oxygen atoms in total. The summed E-state index contributed by atoms with van der Waals surface area (Å²) in [6.45, 7) is 3.82. The third-order valence-electron chi connectivity index (χ3n) is 2.73. The van der Waals surface area contributed by atoms with Crippen molar-refractivity contribution in [2.24, 2.45) is 0 Å². The molecule has 1 aliphatic rings. The third kappa shape index (κ3) is 2.02. The highest BCUT2D eigenvalue weighted by molar-refractivity contribution is 6.01. The van der Waals surface area contributed by atoms with Crippen LogP contribution >= 0.6 is 0 Å². The number of aryl methyl sites for hydroxylation is 1. The van der Waals surface area contributed by atoms with Crippen molar-refractivity contribution < 1.29 is 9.53 Å². The second-order valence-electron chi connectivity index (χ2n) is 3.93. The van der Waals surface area contributed by atoms with Crippen molar-refractivity contribution in [1.29, 1.82) is 0 Å². The Morgan fingerprint density at radius 1 is 1.50 bits per heavy atom. The van der Waals surface area contributed by atoms with Gasteiger partial charge in [0.05, 0.1) is 24.5 Å². The van der Waals surface area contributed by atoms with Crippen LogP contribution in [-0.4, -0.2) is 32.7 Å². The Labute approximate surface area is 95.2 Å². The predicted molar refractivity (Wildman–Crippen MR) is 63.9 cm³/mol. The number of carbonyl (C=O) groups is 1. The first-order valence-corrected chi connectivity index (χ1v) is 5.35. The number of nitrogens with one attached hydrogen (secondary N) is 1. The molecule has 0 bridgehead atoms. The Hall–Kier alpha value is -1.55. The van der Waals surface area contributed by atoms with Gasteiger partial charge in [-0.25, -0.2) is 0 Å². The van der Waals surface area contributed by atoms with Gasteiger partial charge in [-0.1, -0.05) is 12.1 Å². The molecule has 0 atom stereocenters. The molecule has 16 heavy (non-hydrogen) atoms. The number of hydrogen-bond acceptors (Lipinski definition) is 3. The van der Waals surface area contributed by atoms with Crippen LogP contribution in [0.25, 0.3) is 0 Å². The molecule has 0 aromatic heterocycles. The maximum atomic E-state index is 11.5. The van der Waals surface area contributed by atoms with Crippen molar-refractivity contribution >= 4 is 17.3 Å². The summed E-state index contributed by atoms with van der Waals surface area (Å²) in [5.74, 6) is 0.0363. The summed E-state index contributed by atoms with van der Waals surface area (Å²) in [5.41, 5.74) is 3.18. The van der Waals surface area contributed by atoms with E-state index < -0.39 is 0 Å². The standard InChI is InChI=1S/C12H16N2O2/c1-9-4-3-5-10-12(9)14(6-7-16-2)8-11(15)13-10/h3-5H,6-8H2,1-2H3,(H,13,15). The predicted octanol–water partition coefficient (Wildman–Crippen LogP) is 1.40. The number of nitrogens with zero attached hydrogens (tertiary/aromatic N) is 1. The first kappa shape index (κ1) is 11.0. The molecular weight excluding hydrogens is 204 g/mol. The minimum absolute atomic E-state index is 0.0363. The Kier molecular flexibility index (Phi) is 3.10. The van der Waals surface area contributed by atoms with Crippen molar-refractivity contribution in [3.8, 4) is 0 Å². The average Bonchev–Trinajstić information content (AvgIpc) is 2.25. The van der Waals surface area contributed by atoms with E-state index in [9.17, 15) is 4.79 Å². The number of benzene rings is 1. The SMILES string of the molecule is COCCN1CC(=O)Nc2cccc(C)c21. The Bertz CT molecular complexity index is 404. The van der Waals surface area contributed by atoms with Crippen LogP contribution in [-0.2, 0) is 9.53 Å². The summed E-state index contributed by atoms with van der Waals surface area (Å²) in [6.07, 6.45) is 0. The summed E-state index contributed by atoms with van der Waals surface area (Å²) in [4.78, 5) is 13.6. The van der Waals surface area contributed by atoms with E-state index in [0.29, 0.717) is 13.2 Å². The largest absolute Gasteiger partial charge is 0.383 e. The lowest BCUT2D eigenvalue weighted by Gasteiger charge is -2.32. The summed E-state index contributed by atoms with van der Waals surface area (Å²) in [5, 5.41) is 2.89. The van der Waals surface area contributed by atoms with E-state index in [-0.39, 0.29) is 5.91 Å². The van der Waals surface area contributed by atoms with Gasteiger partial charge in [-0.3, -0.25) is 4.79 Å². The average molecular weight is 220 g/mol. The number of anilines is 2. The van der Waals surface area contributed by atoms with Crippen LogP contribution in [0.4, 0.5) is 11.4 Å². The number of para-hydroxylation sites is 1. The van der Waals surface area contributed by atoms with Gasteiger partial charge < -0.3 is 15.0 Å². The molecule has 0 fully saturated rings. The molecule has 0 saturated carbocycles. The fourth-order valence-electron chi connectivity index (χ4n) is 2.01. The molecule has 1 amide bonds. The zero-order valence-electron chi connectivity index (χ0n) is 9.62. The zero-order chi connectivity index (χ0) is 11.5. The van der Waals surface area contributed by atoms with E-state index in [1.807, 2.05) is 12.1 Å². The van der Waals surface area contributed by atoms with Gasteiger partial charge in [0.25, 0.3) is 0 Å². The summed E-state index contributed by atoms with van der Waals surface area (Å²) in [7, 11) is 1.67. The van der Waals surface area contributed by atoms with Crippen LogP contribution in [0.1, 0.15) is 5.56 Å². The highest BCUT2D eigenvalue weighted by Crippen LogP contribution is 2.32. The van der Waals surface area contributed by atoms with E-state index in [1.165, 1.54) is 5.56 Å². The second-order valence-corrected chi connectivity index (χ2v) is 3.93. The number of hydrogen-bond donors (Lipinski definition) is 1. The van der Waals surface area contributed by atoms with E-state index in [2.05, 4.69) is 23.2 Å². The fourth-order valence-corrected chi connectivity index (χ4v) is 2.01. The van der Waals surface area contributed by atoms with E-state index >= 15 is 0 Å².